The molecule has 0 N–H and O–H groups in total. The van der Waals surface area contributed by atoms with Gasteiger partial charge in [-0.3, -0.25) is 4.79 Å². The van der Waals surface area contributed by atoms with Crippen molar-refractivity contribution in [3.63, 3.8) is 0 Å². The van der Waals surface area contributed by atoms with Crippen molar-refractivity contribution < 1.29 is 26.4 Å². The van der Waals surface area contributed by atoms with Crippen LogP contribution in [0.4, 0.5) is 13.2 Å². The second kappa shape index (κ2) is 7.79. The normalized spacial score (nSPS) is 16.1. The fraction of sp³-hybridized carbons (Fsp3) is 0.350. The lowest BCUT2D eigenvalue weighted by molar-refractivity contribution is -0.137. The number of carbonyl (C=O) groups excluding carboxylic acids is 1. The molecule has 9 heteroatoms. The first-order chi connectivity index (χ1) is 13.6. The SMILES string of the molecule is CC(C)(C(=O)N1CCN(S(=O)(=O)c2ccc(F)c(F)c2F)CC1)c1ccccc1. The van der Waals surface area contributed by atoms with Crippen LogP contribution in [0.5, 0.6) is 0 Å². The van der Waals surface area contributed by atoms with Gasteiger partial charge in [0.2, 0.25) is 15.9 Å². The number of piperazine rings is 1. The molecule has 0 bridgehead atoms. The van der Waals surface area contributed by atoms with Gasteiger partial charge in [-0.1, -0.05) is 30.3 Å². The molecule has 156 valence electrons. The number of rotatable bonds is 4. The monoisotopic (exact) mass is 426 g/mol. The van der Waals surface area contributed by atoms with Gasteiger partial charge in [0, 0.05) is 26.2 Å². The van der Waals surface area contributed by atoms with Gasteiger partial charge in [-0.05, 0) is 31.5 Å². The molecule has 0 spiro atoms. The summed E-state index contributed by atoms with van der Waals surface area (Å²) < 4.78 is 66.8. The van der Waals surface area contributed by atoms with Gasteiger partial charge in [-0.2, -0.15) is 4.31 Å². The summed E-state index contributed by atoms with van der Waals surface area (Å²) >= 11 is 0. The Morgan fingerprint density at radius 1 is 0.897 bits per heavy atom. The molecule has 0 radical (unpaired) electrons. The molecule has 29 heavy (non-hydrogen) atoms. The minimum Gasteiger partial charge on any atom is -0.339 e. The molecule has 2 aromatic rings. The van der Waals surface area contributed by atoms with Crippen molar-refractivity contribution >= 4 is 15.9 Å². The van der Waals surface area contributed by atoms with E-state index in [1.54, 1.807) is 18.7 Å². The number of benzene rings is 2. The van der Waals surface area contributed by atoms with Crippen LogP contribution in [0.1, 0.15) is 19.4 Å². The van der Waals surface area contributed by atoms with Gasteiger partial charge in [0.15, 0.2) is 17.5 Å². The van der Waals surface area contributed by atoms with Crippen molar-refractivity contribution in [1.82, 2.24) is 9.21 Å². The Labute approximate surface area is 167 Å². The van der Waals surface area contributed by atoms with Gasteiger partial charge in [0.1, 0.15) is 4.90 Å². The second-order valence-electron chi connectivity index (χ2n) is 7.36. The average Bonchev–Trinajstić information content (AvgIpc) is 2.72. The first kappa shape index (κ1) is 21.3. The highest BCUT2D eigenvalue weighted by molar-refractivity contribution is 7.89. The largest absolute Gasteiger partial charge is 0.339 e. The van der Waals surface area contributed by atoms with Gasteiger partial charge in [0.05, 0.1) is 5.41 Å². The van der Waals surface area contributed by atoms with Crippen LogP contribution in [0, 0.1) is 17.5 Å². The number of sulfonamides is 1. The van der Waals surface area contributed by atoms with Crippen LogP contribution in [-0.2, 0) is 20.2 Å². The van der Waals surface area contributed by atoms with E-state index in [4.69, 9.17) is 0 Å². The fourth-order valence-corrected chi connectivity index (χ4v) is 4.83. The Kier molecular flexibility index (Phi) is 5.73. The quantitative estimate of drug-likeness (QED) is 0.707. The molecule has 1 amide bonds. The van der Waals surface area contributed by atoms with Crippen LogP contribution in [-0.4, -0.2) is 49.7 Å². The van der Waals surface area contributed by atoms with Crippen molar-refractivity contribution in [2.75, 3.05) is 26.2 Å². The molecule has 1 saturated heterocycles. The maximum absolute atomic E-state index is 14.0. The second-order valence-corrected chi connectivity index (χ2v) is 9.27. The van der Waals surface area contributed by atoms with E-state index in [0.29, 0.717) is 12.1 Å². The summed E-state index contributed by atoms with van der Waals surface area (Å²) in [5, 5.41) is 0. The van der Waals surface area contributed by atoms with Crippen LogP contribution in [0.25, 0.3) is 0 Å². The summed E-state index contributed by atoms with van der Waals surface area (Å²) in [6, 6.07) is 10.5. The summed E-state index contributed by atoms with van der Waals surface area (Å²) in [6.45, 7) is 3.67. The zero-order chi connectivity index (χ0) is 21.4. The van der Waals surface area contributed by atoms with Gasteiger partial charge in [-0.25, -0.2) is 21.6 Å². The van der Waals surface area contributed by atoms with Crippen LogP contribution in [0.3, 0.4) is 0 Å². The van der Waals surface area contributed by atoms with Crippen molar-refractivity contribution in [3.05, 3.63) is 65.5 Å². The maximum atomic E-state index is 14.0. The molecule has 1 aliphatic heterocycles. The summed E-state index contributed by atoms with van der Waals surface area (Å²) in [5.41, 5.74) is 0.0398. The Balaban J connectivity index is 1.75. The highest BCUT2D eigenvalue weighted by atomic mass is 32.2. The minimum atomic E-state index is -4.36. The van der Waals surface area contributed by atoms with E-state index >= 15 is 0 Å². The Morgan fingerprint density at radius 3 is 2.07 bits per heavy atom. The van der Waals surface area contributed by atoms with Gasteiger partial charge < -0.3 is 4.90 Å². The molecular formula is C20H21F3N2O3S. The molecule has 1 fully saturated rings. The van der Waals surface area contributed by atoms with Crippen molar-refractivity contribution in [2.24, 2.45) is 0 Å². The summed E-state index contributed by atoms with van der Waals surface area (Å²) in [7, 11) is -4.36. The molecular weight excluding hydrogens is 405 g/mol. The average molecular weight is 426 g/mol. The predicted molar refractivity (Wildman–Crippen MR) is 101 cm³/mol. The smallest absolute Gasteiger partial charge is 0.246 e. The topological polar surface area (TPSA) is 57.7 Å². The zero-order valence-corrected chi connectivity index (χ0v) is 16.8. The first-order valence-corrected chi connectivity index (χ1v) is 10.5. The standard InChI is InChI=1S/C20H21F3N2O3S/c1-20(2,14-6-4-3-5-7-14)19(26)24-10-12-25(13-11-24)29(27,28)16-9-8-15(21)17(22)18(16)23/h3-9H,10-13H2,1-2H3. The van der Waals surface area contributed by atoms with Crippen LogP contribution < -0.4 is 0 Å². The van der Waals surface area contributed by atoms with Crippen molar-refractivity contribution in [1.29, 1.82) is 0 Å². The molecule has 3 rings (SSSR count). The van der Waals surface area contributed by atoms with Crippen molar-refractivity contribution in [3.8, 4) is 0 Å². The lowest BCUT2D eigenvalue weighted by Crippen LogP contribution is -2.54. The van der Waals surface area contributed by atoms with Crippen LogP contribution in [0.2, 0.25) is 0 Å². The third kappa shape index (κ3) is 3.89. The first-order valence-electron chi connectivity index (χ1n) is 9.05. The van der Waals surface area contributed by atoms with E-state index in [2.05, 4.69) is 0 Å². The third-order valence-corrected chi connectivity index (χ3v) is 7.09. The summed E-state index contributed by atoms with van der Waals surface area (Å²) in [6.07, 6.45) is 0. The molecule has 1 heterocycles. The third-order valence-electron chi connectivity index (χ3n) is 5.17. The van der Waals surface area contributed by atoms with Gasteiger partial charge in [0.25, 0.3) is 0 Å². The highest BCUT2D eigenvalue weighted by Crippen LogP contribution is 2.28. The molecule has 0 aromatic heterocycles. The number of amides is 1. The highest BCUT2D eigenvalue weighted by Gasteiger charge is 2.38. The Morgan fingerprint density at radius 2 is 1.48 bits per heavy atom. The zero-order valence-electron chi connectivity index (χ0n) is 16.0. The van der Waals surface area contributed by atoms with E-state index in [9.17, 15) is 26.4 Å². The number of nitrogens with zero attached hydrogens (tertiary/aromatic N) is 2. The maximum Gasteiger partial charge on any atom is 0.246 e. The Hall–Kier alpha value is -2.39. The fourth-order valence-electron chi connectivity index (χ4n) is 3.35. The minimum absolute atomic E-state index is 0.0720. The molecule has 5 nitrogen and oxygen atoms in total. The molecule has 0 aliphatic carbocycles. The molecule has 0 saturated carbocycles. The van der Waals surface area contributed by atoms with E-state index < -0.39 is 37.8 Å². The molecule has 1 aliphatic rings. The molecule has 2 aromatic carbocycles. The van der Waals surface area contributed by atoms with E-state index in [1.807, 2.05) is 30.3 Å². The van der Waals surface area contributed by atoms with Gasteiger partial charge >= 0.3 is 0 Å². The van der Waals surface area contributed by atoms with E-state index in [1.165, 1.54) is 0 Å². The predicted octanol–water partition coefficient (Wildman–Crippen LogP) is 2.91. The number of carbonyl (C=O) groups is 1. The molecule has 0 atom stereocenters. The molecule has 0 unspecified atom stereocenters. The lowest BCUT2D eigenvalue weighted by Gasteiger charge is -2.38. The van der Waals surface area contributed by atoms with Gasteiger partial charge in [-0.15, -0.1) is 0 Å². The van der Waals surface area contributed by atoms with E-state index in [-0.39, 0.29) is 32.1 Å². The van der Waals surface area contributed by atoms with Crippen molar-refractivity contribution in [2.45, 2.75) is 24.2 Å². The number of hydrogen-bond donors (Lipinski definition) is 0. The Bertz CT molecular complexity index is 1020. The van der Waals surface area contributed by atoms with Crippen LogP contribution >= 0.6 is 0 Å². The summed E-state index contributed by atoms with van der Waals surface area (Å²) in [4.78, 5) is 13.6. The summed E-state index contributed by atoms with van der Waals surface area (Å²) in [5.74, 6) is -5.18. The number of hydrogen-bond acceptors (Lipinski definition) is 3. The lowest BCUT2D eigenvalue weighted by atomic mass is 9.83. The number of halogens is 3. The van der Waals surface area contributed by atoms with Crippen LogP contribution in [0.15, 0.2) is 47.4 Å². The van der Waals surface area contributed by atoms with E-state index in [0.717, 1.165) is 9.87 Å².